The summed E-state index contributed by atoms with van der Waals surface area (Å²) in [6, 6.07) is 10.9. The number of aryl methyl sites for hydroxylation is 2. The molecule has 2 heterocycles. The van der Waals surface area contributed by atoms with Gasteiger partial charge in [-0.25, -0.2) is 9.78 Å². The maximum atomic E-state index is 11.4. The lowest BCUT2D eigenvalue weighted by Gasteiger charge is -1.95. The van der Waals surface area contributed by atoms with Crippen LogP contribution in [0.3, 0.4) is 0 Å². The van der Waals surface area contributed by atoms with Crippen LogP contribution in [-0.2, 0) is 0 Å². The van der Waals surface area contributed by atoms with Crippen molar-refractivity contribution in [2.24, 2.45) is 0 Å². The van der Waals surface area contributed by atoms with Crippen LogP contribution in [-0.4, -0.2) is 16.1 Å². The summed E-state index contributed by atoms with van der Waals surface area (Å²) in [7, 11) is 0. The highest BCUT2D eigenvalue weighted by Gasteiger charge is 2.24. The van der Waals surface area contributed by atoms with Gasteiger partial charge >= 0.3 is 5.97 Å². The van der Waals surface area contributed by atoms with Crippen molar-refractivity contribution in [2.75, 3.05) is 0 Å². The number of nitrogens with zero attached hydrogens (tertiary/aromatic N) is 1. The maximum absolute atomic E-state index is 11.4. The second-order valence-corrected chi connectivity index (χ2v) is 4.69. The lowest BCUT2D eigenvalue weighted by Crippen LogP contribution is -1.98. The molecule has 5 heteroatoms. The highest BCUT2D eigenvalue weighted by Crippen LogP contribution is 2.33. The molecule has 0 bridgehead atoms. The Labute approximate surface area is 120 Å². The molecule has 1 N–H and O–H groups in total. The van der Waals surface area contributed by atoms with Gasteiger partial charge in [0.25, 0.3) is 0 Å². The number of hydrogen-bond acceptors (Lipinski definition) is 4. The van der Waals surface area contributed by atoms with Crippen LogP contribution in [0, 0.1) is 13.8 Å². The van der Waals surface area contributed by atoms with Crippen molar-refractivity contribution in [1.29, 1.82) is 0 Å². The third-order valence-electron chi connectivity index (χ3n) is 3.14. The third-order valence-corrected chi connectivity index (χ3v) is 3.14. The number of oxazole rings is 1. The number of rotatable bonds is 3. The van der Waals surface area contributed by atoms with Gasteiger partial charge in [-0.05, 0) is 32.0 Å². The predicted octanol–water partition coefficient (Wildman–Crippen LogP) is 3.92. The monoisotopic (exact) mass is 283 g/mol. The SMILES string of the molecule is Cc1cc(-c2oc(-c3ccccc3)nc2C(=O)O)c(C)o1. The number of benzene rings is 1. The Morgan fingerprint density at radius 2 is 1.86 bits per heavy atom. The molecule has 0 unspecified atom stereocenters. The van der Waals surface area contributed by atoms with Crippen LogP contribution in [0.15, 0.2) is 45.2 Å². The van der Waals surface area contributed by atoms with Crippen molar-refractivity contribution in [3.63, 3.8) is 0 Å². The van der Waals surface area contributed by atoms with E-state index in [9.17, 15) is 9.90 Å². The molecule has 0 saturated carbocycles. The highest BCUT2D eigenvalue weighted by molar-refractivity contribution is 5.93. The van der Waals surface area contributed by atoms with E-state index in [-0.39, 0.29) is 17.3 Å². The summed E-state index contributed by atoms with van der Waals surface area (Å²) >= 11 is 0. The quantitative estimate of drug-likeness (QED) is 0.788. The number of aromatic carboxylic acids is 1. The van der Waals surface area contributed by atoms with Crippen LogP contribution < -0.4 is 0 Å². The Morgan fingerprint density at radius 1 is 1.14 bits per heavy atom. The first-order valence-electron chi connectivity index (χ1n) is 6.43. The second kappa shape index (κ2) is 4.94. The molecule has 0 saturated heterocycles. The van der Waals surface area contributed by atoms with Crippen molar-refractivity contribution >= 4 is 5.97 Å². The summed E-state index contributed by atoms with van der Waals surface area (Å²) in [5, 5.41) is 9.33. The van der Waals surface area contributed by atoms with E-state index in [1.165, 1.54) is 0 Å². The first-order chi connectivity index (χ1) is 10.1. The highest BCUT2D eigenvalue weighted by atomic mass is 16.4. The first-order valence-corrected chi connectivity index (χ1v) is 6.43. The molecule has 0 spiro atoms. The number of aromatic nitrogens is 1. The molecule has 0 aliphatic rings. The van der Waals surface area contributed by atoms with Gasteiger partial charge in [0.05, 0.1) is 5.56 Å². The molecule has 1 aromatic carbocycles. The molecule has 106 valence electrons. The average molecular weight is 283 g/mol. The lowest BCUT2D eigenvalue weighted by molar-refractivity contribution is 0.0691. The fraction of sp³-hybridized carbons (Fsp3) is 0.125. The van der Waals surface area contributed by atoms with E-state index in [2.05, 4.69) is 4.98 Å². The Kier molecular flexibility index (Phi) is 3.10. The Balaban J connectivity index is 2.18. The maximum Gasteiger partial charge on any atom is 0.358 e. The van der Waals surface area contributed by atoms with Gasteiger partial charge in [-0.15, -0.1) is 0 Å². The minimum Gasteiger partial charge on any atom is -0.476 e. The zero-order valence-electron chi connectivity index (χ0n) is 11.6. The minimum absolute atomic E-state index is 0.113. The topological polar surface area (TPSA) is 76.5 Å². The summed E-state index contributed by atoms with van der Waals surface area (Å²) in [6.07, 6.45) is 0. The van der Waals surface area contributed by atoms with Crippen LogP contribution in [0.4, 0.5) is 0 Å². The van der Waals surface area contributed by atoms with Crippen LogP contribution in [0.2, 0.25) is 0 Å². The van der Waals surface area contributed by atoms with E-state index in [0.29, 0.717) is 17.1 Å². The van der Waals surface area contributed by atoms with E-state index in [0.717, 1.165) is 5.56 Å². The third kappa shape index (κ3) is 2.33. The number of furan rings is 1. The molecular weight excluding hydrogens is 270 g/mol. The molecule has 0 aliphatic heterocycles. The summed E-state index contributed by atoms with van der Waals surface area (Å²) in [5.74, 6) is 0.661. The van der Waals surface area contributed by atoms with Gasteiger partial charge in [0.15, 0.2) is 11.5 Å². The Hall–Kier alpha value is -2.82. The van der Waals surface area contributed by atoms with E-state index < -0.39 is 5.97 Å². The smallest absolute Gasteiger partial charge is 0.358 e. The van der Waals surface area contributed by atoms with Crippen molar-refractivity contribution in [2.45, 2.75) is 13.8 Å². The van der Waals surface area contributed by atoms with Gasteiger partial charge in [-0.1, -0.05) is 18.2 Å². The molecule has 21 heavy (non-hydrogen) atoms. The van der Waals surface area contributed by atoms with Gasteiger partial charge in [0, 0.05) is 5.56 Å². The zero-order chi connectivity index (χ0) is 15.0. The molecule has 3 rings (SSSR count). The molecule has 0 atom stereocenters. The van der Waals surface area contributed by atoms with Crippen LogP contribution in [0.25, 0.3) is 22.8 Å². The molecule has 3 aromatic rings. The normalized spacial score (nSPS) is 10.8. The van der Waals surface area contributed by atoms with E-state index in [1.807, 2.05) is 30.3 Å². The first kappa shape index (κ1) is 13.2. The van der Waals surface area contributed by atoms with E-state index in [1.54, 1.807) is 19.9 Å². The minimum atomic E-state index is -1.13. The standard InChI is InChI=1S/C16H13NO4/c1-9-8-12(10(2)20-9)14-13(16(18)19)17-15(21-14)11-6-4-3-5-7-11/h3-8H,1-2H3,(H,18,19). The van der Waals surface area contributed by atoms with Crippen LogP contribution >= 0.6 is 0 Å². The van der Waals surface area contributed by atoms with Gasteiger partial charge < -0.3 is 13.9 Å². The number of carboxylic acids is 1. The van der Waals surface area contributed by atoms with Gasteiger partial charge in [-0.2, -0.15) is 0 Å². The van der Waals surface area contributed by atoms with E-state index in [4.69, 9.17) is 8.83 Å². The summed E-state index contributed by atoms with van der Waals surface area (Å²) in [5.41, 5.74) is 1.22. The van der Waals surface area contributed by atoms with Crippen molar-refractivity contribution < 1.29 is 18.7 Å². The summed E-state index contributed by atoms with van der Waals surface area (Å²) < 4.78 is 11.1. The molecule has 5 nitrogen and oxygen atoms in total. The molecule has 0 fully saturated rings. The van der Waals surface area contributed by atoms with Crippen LogP contribution in [0.5, 0.6) is 0 Å². The van der Waals surface area contributed by atoms with Crippen molar-refractivity contribution in [3.8, 4) is 22.8 Å². The molecule has 0 amide bonds. The largest absolute Gasteiger partial charge is 0.476 e. The summed E-state index contributed by atoms with van der Waals surface area (Å²) in [4.78, 5) is 15.5. The van der Waals surface area contributed by atoms with Crippen molar-refractivity contribution in [1.82, 2.24) is 4.98 Å². The second-order valence-electron chi connectivity index (χ2n) is 4.69. The Morgan fingerprint density at radius 3 is 2.43 bits per heavy atom. The Bertz CT molecular complexity index is 799. The number of carboxylic acid groups (broad SMARTS) is 1. The van der Waals surface area contributed by atoms with E-state index >= 15 is 0 Å². The molecular formula is C16H13NO4. The van der Waals surface area contributed by atoms with Gasteiger partial charge in [0.2, 0.25) is 5.89 Å². The molecule has 2 aromatic heterocycles. The fourth-order valence-electron chi connectivity index (χ4n) is 2.21. The van der Waals surface area contributed by atoms with Gasteiger partial charge in [0.1, 0.15) is 11.5 Å². The molecule has 0 aliphatic carbocycles. The number of carbonyl (C=O) groups is 1. The van der Waals surface area contributed by atoms with Crippen molar-refractivity contribution in [3.05, 3.63) is 53.6 Å². The van der Waals surface area contributed by atoms with Crippen LogP contribution in [0.1, 0.15) is 22.0 Å². The summed E-state index contributed by atoms with van der Waals surface area (Å²) in [6.45, 7) is 3.56. The average Bonchev–Trinajstić information content (AvgIpc) is 3.03. The zero-order valence-corrected chi connectivity index (χ0v) is 11.6. The van der Waals surface area contributed by atoms with Gasteiger partial charge in [-0.3, -0.25) is 0 Å². The number of hydrogen-bond donors (Lipinski definition) is 1. The predicted molar refractivity (Wildman–Crippen MR) is 76.1 cm³/mol. The fourth-order valence-corrected chi connectivity index (χ4v) is 2.21. The molecule has 0 radical (unpaired) electrons. The lowest BCUT2D eigenvalue weighted by atomic mass is 10.1.